The Balaban J connectivity index is 1.67. The lowest BCUT2D eigenvalue weighted by Crippen LogP contribution is -2.50. The Morgan fingerprint density at radius 3 is 2.32 bits per heavy atom. The van der Waals surface area contributed by atoms with Crippen LogP contribution in [0.5, 0.6) is 0 Å². The van der Waals surface area contributed by atoms with Crippen molar-refractivity contribution in [3.8, 4) is 0 Å². The van der Waals surface area contributed by atoms with Gasteiger partial charge >= 0.3 is 18.0 Å². The molecule has 4 rings (SSSR count). The van der Waals surface area contributed by atoms with Gasteiger partial charge in [0.05, 0.1) is 19.2 Å². The second kappa shape index (κ2) is 12.5. The fourth-order valence-electron chi connectivity index (χ4n) is 4.50. The number of anilines is 2. The summed E-state index contributed by atoms with van der Waals surface area (Å²) in [4.78, 5) is 53.0. The highest BCUT2D eigenvalue weighted by Crippen LogP contribution is 2.35. The van der Waals surface area contributed by atoms with Gasteiger partial charge in [-0.1, -0.05) is 60.7 Å². The Hall–Kier alpha value is -4.92. The maximum absolute atomic E-state index is 14.0. The van der Waals surface area contributed by atoms with Crippen molar-refractivity contribution < 1.29 is 28.7 Å². The first-order valence-corrected chi connectivity index (χ1v) is 13.2. The van der Waals surface area contributed by atoms with Gasteiger partial charge in [0, 0.05) is 11.3 Å². The number of fused-ring (bicyclic) bond motifs is 1. The fourth-order valence-corrected chi connectivity index (χ4v) is 4.50. The summed E-state index contributed by atoms with van der Waals surface area (Å²) in [5, 5.41) is 5.48. The van der Waals surface area contributed by atoms with Gasteiger partial charge in [-0.2, -0.15) is 0 Å². The number of rotatable bonds is 7. The first kappa shape index (κ1) is 29.1. The molecule has 212 valence electrons. The molecule has 2 N–H and O–H groups in total. The van der Waals surface area contributed by atoms with Crippen molar-refractivity contribution in [3.05, 3.63) is 102 Å². The lowest BCUT2D eigenvalue weighted by molar-refractivity contribution is -0.153. The van der Waals surface area contributed by atoms with Crippen LogP contribution in [0, 0.1) is 0 Å². The highest BCUT2D eigenvalue weighted by molar-refractivity contribution is 6.09. The average Bonchev–Trinajstić information content (AvgIpc) is 3.03. The van der Waals surface area contributed by atoms with E-state index >= 15 is 0 Å². The van der Waals surface area contributed by atoms with E-state index in [1.807, 2.05) is 42.5 Å². The van der Waals surface area contributed by atoms with E-state index in [4.69, 9.17) is 9.47 Å². The van der Waals surface area contributed by atoms with Crippen LogP contribution in [0.15, 0.2) is 84.9 Å². The van der Waals surface area contributed by atoms with E-state index in [2.05, 4.69) is 10.6 Å². The van der Waals surface area contributed by atoms with E-state index in [1.165, 1.54) is 12.0 Å². The number of hydrogen-bond acceptors (Lipinski definition) is 6. The summed E-state index contributed by atoms with van der Waals surface area (Å²) in [6, 6.07) is 21.8. The van der Waals surface area contributed by atoms with E-state index in [0.29, 0.717) is 16.9 Å². The first-order chi connectivity index (χ1) is 19.5. The number of ether oxygens (including phenoxy) is 2. The molecule has 0 aromatic heterocycles. The normalized spacial score (nSPS) is 14.7. The van der Waals surface area contributed by atoms with E-state index in [0.717, 1.165) is 16.7 Å². The van der Waals surface area contributed by atoms with Crippen LogP contribution in [0.2, 0.25) is 0 Å². The molecule has 9 heteroatoms. The molecule has 1 heterocycles. The van der Waals surface area contributed by atoms with Crippen LogP contribution < -0.4 is 15.5 Å². The van der Waals surface area contributed by atoms with Crippen LogP contribution >= 0.6 is 0 Å². The number of carbonyl (C=O) groups excluding carboxylic acids is 4. The number of esters is 2. The van der Waals surface area contributed by atoms with Gasteiger partial charge in [0.25, 0.3) is 5.91 Å². The van der Waals surface area contributed by atoms with Crippen molar-refractivity contribution in [2.24, 2.45) is 0 Å². The third kappa shape index (κ3) is 7.60. The number of nitrogens with one attached hydrogen (secondary N) is 2. The Morgan fingerprint density at radius 2 is 1.61 bits per heavy atom. The zero-order valence-electron chi connectivity index (χ0n) is 23.5. The number of carbonyl (C=O) groups is 4. The second-order valence-electron chi connectivity index (χ2n) is 10.5. The van der Waals surface area contributed by atoms with Gasteiger partial charge in [-0.3, -0.25) is 19.3 Å². The first-order valence-electron chi connectivity index (χ1n) is 13.2. The minimum absolute atomic E-state index is 0.0514. The van der Waals surface area contributed by atoms with Crippen LogP contribution in [0.3, 0.4) is 0 Å². The Kier molecular flexibility index (Phi) is 8.87. The number of nitrogens with zero attached hydrogens (tertiary/aromatic N) is 1. The molecule has 3 aromatic carbocycles. The van der Waals surface area contributed by atoms with Crippen molar-refractivity contribution in [1.29, 1.82) is 0 Å². The van der Waals surface area contributed by atoms with Gasteiger partial charge in [-0.05, 0) is 61.7 Å². The highest BCUT2D eigenvalue weighted by atomic mass is 16.6. The standard InChI is InChI=1S/C32H33N3O6/c1-32(2,3)41-29(37)20-35-27-16-9-8-15-24(27)25(22-12-6-5-7-13-22)19-26(30(35)38)34-31(39)33-23-14-10-11-21(17-23)18-28(36)40-4/h5-17,19,26H,18,20H2,1-4H3,(H2,33,34,39). The summed E-state index contributed by atoms with van der Waals surface area (Å²) in [6.45, 7) is 4.94. The van der Waals surface area contributed by atoms with Gasteiger partial charge in [0.1, 0.15) is 18.2 Å². The molecule has 0 saturated carbocycles. The molecule has 41 heavy (non-hydrogen) atoms. The van der Waals surface area contributed by atoms with Gasteiger partial charge < -0.3 is 20.1 Å². The van der Waals surface area contributed by atoms with Crippen molar-refractivity contribution >= 4 is 40.8 Å². The molecule has 9 nitrogen and oxygen atoms in total. The number of hydrogen-bond donors (Lipinski definition) is 2. The number of urea groups is 1. The summed E-state index contributed by atoms with van der Waals surface area (Å²) in [6.07, 6.45) is 1.74. The molecule has 1 aliphatic rings. The van der Waals surface area contributed by atoms with Gasteiger partial charge in [0.15, 0.2) is 0 Å². The number of methoxy groups -OCH3 is 1. The van der Waals surface area contributed by atoms with Gasteiger partial charge in [0.2, 0.25) is 0 Å². The Labute approximate surface area is 239 Å². The van der Waals surface area contributed by atoms with E-state index in [-0.39, 0.29) is 13.0 Å². The zero-order valence-corrected chi connectivity index (χ0v) is 23.5. The molecular formula is C32H33N3O6. The third-order valence-corrected chi connectivity index (χ3v) is 6.19. The lowest BCUT2D eigenvalue weighted by Gasteiger charge is -2.27. The predicted molar refractivity (Wildman–Crippen MR) is 156 cm³/mol. The quantitative estimate of drug-likeness (QED) is 0.408. The molecule has 3 aromatic rings. The molecule has 1 aliphatic heterocycles. The van der Waals surface area contributed by atoms with Crippen molar-refractivity contribution in [3.63, 3.8) is 0 Å². The van der Waals surface area contributed by atoms with Crippen LogP contribution in [0.4, 0.5) is 16.2 Å². The van der Waals surface area contributed by atoms with E-state index in [9.17, 15) is 19.2 Å². The van der Waals surface area contributed by atoms with Crippen molar-refractivity contribution in [2.75, 3.05) is 23.9 Å². The maximum atomic E-state index is 14.0. The SMILES string of the molecule is COC(=O)Cc1cccc(NC(=O)NC2C=C(c3ccccc3)c3ccccc3N(CC(=O)OC(C)(C)C)C2=O)c1. The van der Waals surface area contributed by atoms with Crippen LogP contribution in [0.1, 0.15) is 37.5 Å². The molecule has 0 aliphatic carbocycles. The summed E-state index contributed by atoms with van der Waals surface area (Å²) in [5.41, 5.74) is 3.19. The molecular weight excluding hydrogens is 522 g/mol. The minimum Gasteiger partial charge on any atom is -0.469 e. The highest BCUT2D eigenvalue weighted by Gasteiger charge is 2.34. The maximum Gasteiger partial charge on any atom is 0.326 e. The van der Waals surface area contributed by atoms with Crippen LogP contribution in [0.25, 0.3) is 5.57 Å². The van der Waals surface area contributed by atoms with Crippen molar-refractivity contribution in [2.45, 2.75) is 38.8 Å². The molecule has 0 spiro atoms. The second-order valence-corrected chi connectivity index (χ2v) is 10.5. The molecule has 3 amide bonds. The molecule has 0 radical (unpaired) electrons. The van der Waals surface area contributed by atoms with Crippen LogP contribution in [-0.2, 0) is 30.3 Å². The van der Waals surface area contributed by atoms with E-state index in [1.54, 1.807) is 63.2 Å². The smallest absolute Gasteiger partial charge is 0.326 e. The largest absolute Gasteiger partial charge is 0.469 e. The average molecular weight is 556 g/mol. The summed E-state index contributed by atoms with van der Waals surface area (Å²) in [5.74, 6) is -1.47. The summed E-state index contributed by atoms with van der Waals surface area (Å²) < 4.78 is 10.2. The van der Waals surface area contributed by atoms with Gasteiger partial charge in [-0.25, -0.2) is 4.79 Å². The minimum atomic E-state index is -1.11. The van der Waals surface area contributed by atoms with Crippen molar-refractivity contribution in [1.82, 2.24) is 5.32 Å². The Morgan fingerprint density at radius 1 is 0.902 bits per heavy atom. The van der Waals surface area contributed by atoms with Crippen LogP contribution in [-0.4, -0.2) is 49.2 Å². The number of benzene rings is 3. The predicted octanol–water partition coefficient (Wildman–Crippen LogP) is 4.71. The molecule has 0 bridgehead atoms. The van der Waals surface area contributed by atoms with E-state index < -0.39 is 35.5 Å². The molecule has 1 unspecified atom stereocenters. The third-order valence-electron chi connectivity index (χ3n) is 6.19. The lowest BCUT2D eigenvalue weighted by atomic mass is 9.95. The zero-order chi connectivity index (χ0) is 29.6. The van der Waals surface area contributed by atoms with Gasteiger partial charge in [-0.15, -0.1) is 0 Å². The molecule has 1 atom stereocenters. The summed E-state index contributed by atoms with van der Waals surface area (Å²) in [7, 11) is 1.31. The number of amides is 3. The fraction of sp³-hybridized carbons (Fsp3) is 0.250. The summed E-state index contributed by atoms with van der Waals surface area (Å²) >= 11 is 0. The Bertz CT molecular complexity index is 1480. The molecule has 0 saturated heterocycles. The number of para-hydroxylation sites is 1. The molecule has 0 fully saturated rings. The topological polar surface area (TPSA) is 114 Å². The monoisotopic (exact) mass is 555 g/mol.